The average Bonchev–Trinajstić information content (AvgIpc) is 2.91. The van der Waals surface area contributed by atoms with Crippen LogP contribution in [0.25, 0.3) is 0 Å². The summed E-state index contributed by atoms with van der Waals surface area (Å²) in [5, 5.41) is 5.73. The van der Waals surface area contributed by atoms with Gasteiger partial charge in [-0.05, 0) is 59.4 Å². The molecule has 0 aliphatic heterocycles. The molecule has 0 spiro atoms. The second-order valence-electron chi connectivity index (χ2n) is 10.2. The zero-order chi connectivity index (χ0) is 30.7. The van der Waals surface area contributed by atoms with Crippen molar-refractivity contribution in [3.05, 3.63) is 35.9 Å². The molecule has 0 saturated carbocycles. The van der Waals surface area contributed by atoms with E-state index in [-0.39, 0.29) is 39.1 Å². The second kappa shape index (κ2) is 19.5. The van der Waals surface area contributed by atoms with Crippen LogP contribution in [0.15, 0.2) is 30.3 Å². The predicted octanol–water partition coefficient (Wildman–Crippen LogP) is 4.72. The van der Waals surface area contributed by atoms with E-state index in [9.17, 15) is 18.9 Å². The van der Waals surface area contributed by atoms with E-state index < -0.39 is 37.4 Å². The molecule has 0 unspecified atom stereocenters. The van der Waals surface area contributed by atoms with E-state index in [4.69, 9.17) is 23.3 Å². The van der Waals surface area contributed by atoms with Crippen LogP contribution in [0.4, 0.5) is 9.59 Å². The lowest BCUT2D eigenvalue weighted by molar-refractivity contribution is -0.143. The van der Waals surface area contributed by atoms with Crippen LogP contribution in [0.2, 0.25) is 0 Å². The number of unbranched alkanes of at least 4 members (excludes halogenated alkanes) is 1. The molecule has 0 saturated heterocycles. The summed E-state index contributed by atoms with van der Waals surface area (Å²) in [6.45, 7) is 10.4. The Kier molecular flexibility index (Phi) is 17.3. The molecule has 0 heterocycles. The van der Waals surface area contributed by atoms with Crippen molar-refractivity contribution in [2.24, 2.45) is 0 Å². The van der Waals surface area contributed by atoms with E-state index in [1.165, 1.54) is 12.0 Å². The van der Waals surface area contributed by atoms with E-state index in [1.54, 1.807) is 34.6 Å². The smallest absolute Gasteiger partial charge is 0.410 e. The number of hydrogen-bond acceptors (Lipinski definition) is 10. The summed E-state index contributed by atoms with van der Waals surface area (Å²) in [7, 11) is -2.04. The number of carbonyl (C=O) groups excluding carboxylic acids is 3. The van der Waals surface area contributed by atoms with Crippen molar-refractivity contribution in [3.8, 4) is 0 Å². The summed E-state index contributed by atoms with van der Waals surface area (Å²) in [5.41, 5.74) is 0.250. The van der Waals surface area contributed by atoms with E-state index >= 15 is 0 Å². The van der Waals surface area contributed by atoms with Gasteiger partial charge in [0, 0.05) is 26.2 Å². The standard InChI is InChI=1S/C28H48N3O9P/c1-7-38-41(35,39-8-2)21-20-31(27(34)37-22-23-14-10-9-11-15-23)19-13-12-16-24(25(32)36-6)29-17-18-30-26(33)40-28(3,4)5/h9-11,14-15,24,29H,7-8,12-13,16-22H2,1-6H3,(H,30,33)/t24-/m1/s1. The Labute approximate surface area is 244 Å². The lowest BCUT2D eigenvalue weighted by atomic mass is 10.1. The quantitative estimate of drug-likeness (QED) is 0.0990. The van der Waals surface area contributed by atoms with Crippen LogP contribution >= 0.6 is 7.60 Å². The number of hydrogen-bond donors (Lipinski definition) is 2. The predicted molar refractivity (Wildman–Crippen MR) is 156 cm³/mol. The molecule has 1 atom stereocenters. The van der Waals surface area contributed by atoms with Crippen LogP contribution in [-0.2, 0) is 39.2 Å². The molecule has 41 heavy (non-hydrogen) atoms. The van der Waals surface area contributed by atoms with Gasteiger partial charge in [-0.3, -0.25) is 9.36 Å². The first kappa shape index (κ1) is 36.4. The Morgan fingerprint density at radius 3 is 2.22 bits per heavy atom. The molecule has 2 N–H and O–H groups in total. The van der Waals surface area contributed by atoms with Gasteiger partial charge in [-0.25, -0.2) is 9.59 Å². The van der Waals surface area contributed by atoms with Crippen molar-refractivity contribution in [2.45, 2.75) is 72.1 Å². The van der Waals surface area contributed by atoms with Crippen LogP contribution in [-0.4, -0.2) is 87.4 Å². The van der Waals surface area contributed by atoms with Crippen LogP contribution in [0.5, 0.6) is 0 Å². The summed E-state index contributed by atoms with van der Waals surface area (Å²) in [5.74, 6) is -0.421. The maximum atomic E-state index is 13.0. The topological polar surface area (TPSA) is 142 Å². The van der Waals surface area contributed by atoms with Gasteiger partial charge < -0.3 is 38.8 Å². The van der Waals surface area contributed by atoms with Gasteiger partial charge in [-0.1, -0.05) is 30.3 Å². The van der Waals surface area contributed by atoms with E-state index in [0.29, 0.717) is 32.4 Å². The third kappa shape index (κ3) is 16.4. The molecule has 13 heteroatoms. The number of methoxy groups -OCH3 is 1. The summed E-state index contributed by atoms with van der Waals surface area (Å²) in [6, 6.07) is 8.74. The Morgan fingerprint density at radius 2 is 1.63 bits per heavy atom. The lowest BCUT2D eigenvalue weighted by Crippen LogP contribution is -2.43. The third-order valence-corrected chi connectivity index (χ3v) is 7.65. The number of ether oxygens (including phenoxy) is 3. The minimum Gasteiger partial charge on any atom is -0.468 e. The van der Waals surface area contributed by atoms with Gasteiger partial charge in [0.25, 0.3) is 0 Å². The number of nitrogens with one attached hydrogen (secondary N) is 2. The van der Waals surface area contributed by atoms with Crippen LogP contribution in [0.3, 0.4) is 0 Å². The Bertz CT molecular complexity index is 947. The molecule has 0 fully saturated rings. The van der Waals surface area contributed by atoms with Crippen LogP contribution in [0, 0.1) is 0 Å². The van der Waals surface area contributed by atoms with Gasteiger partial charge in [0.2, 0.25) is 0 Å². The lowest BCUT2D eigenvalue weighted by Gasteiger charge is -2.25. The van der Waals surface area contributed by atoms with Crippen LogP contribution < -0.4 is 10.6 Å². The molecule has 0 bridgehead atoms. The zero-order valence-electron chi connectivity index (χ0n) is 25.3. The number of benzene rings is 1. The number of rotatable bonds is 19. The van der Waals surface area contributed by atoms with Gasteiger partial charge in [-0.2, -0.15) is 0 Å². The minimum absolute atomic E-state index is 0.0338. The van der Waals surface area contributed by atoms with Gasteiger partial charge in [0.05, 0.1) is 26.5 Å². The SMILES string of the molecule is CCOP(=O)(CCN(CCCC[C@@H](NCCNC(=O)OC(C)(C)C)C(=O)OC)C(=O)OCc1ccccc1)OCC. The van der Waals surface area contributed by atoms with Gasteiger partial charge >= 0.3 is 25.8 Å². The number of alkyl carbamates (subject to hydrolysis) is 1. The number of nitrogens with zero attached hydrogens (tertiary/aromatic N) is 1. The number of amides is 2. The fourth-order valence-electron chi connectivity index (χ4n) is 3.73. The largest absolute Gasteiger partial charge is 0.468 e. The normalized spacial score (nSPS) is 12.3. The van der Waals surface area contributed by atoms with Crippen molar-refractivity contribution in [3.63, 3.8) is 0 Å². The Hall–Kier alpha value is -2.66. The van der Waals surface area contributed by atoms with E-state index in [1.807, 2.05) is 30.3 Å². The van der Waals surface area contributed by atoms with Gasteiger partial charge in [0.1, 0.15) is 18.2 Å². The van der Waals surface area contributed by atoms with Crippen molar-refractivity contribution in [1.29, 1.82) is 0 Å². The summed E-state index contributed by atoms with van der Waals surface area (Å²) in [4.78, 5) is 38.5. The van der Waals surface area contributed by atoms with Gasteiger partial charge in [0.15, 0.2) is 0 Å². The van der Waals surface area contributed by atoms with Crippen molar-refractivity contribution in [1.82, 2.24) is 15.5 Å². The Balaban J connectivity index is 2.68. The first-order valence-electron chi connectivity index (χ1n) is 14.0. The monoisotopic (exact) mass is 601 g/mol. The number of carbonyl (C=O) groups is 3. The van der Waals surface area contributed by atoms with E-state index in [2.05, 4.69) is 10.6 Å². The molecular weight excluding hydrogens is 553 g/mol. The average molecular weight is 602 g/mol. The molecule has 0 aromatic heterocycles. The molecule has 0 aliphatic rings. The molecule has 234 valence electrons. The maximum Gasteiger partial charge on any atom is 0.410 e. The van der Waals surface area contributed by atoms with Crippen molar-refractivity contribution < 1.29 is 42.2 Å². The van der Waals surface area contributed by atoms with Crippen molar-refractivity contribution >= 4 is 25.8 Å². The molecule has 2 amide bonds. The first-order chi connectivity index (χ1) is 19.4. The zero-order valence-corrected chi connectivity index (χ0v) is 26.2. The molecule has 1 rings (SSSR count). The maximum absolute atomic E-state index is 13.0. The summed E-state index contributed by atoms with van der Waals surface area (Å²) >= 11 is 0. The molecule has 1 aromatic carbocycles. The molecule has 0 aliphatic carbocycles. The highest BCUT2D eigenvalue weighted by atomic mass is 31.2. The second-order valence-corrected chi connectivity index (χ2v) is 12.3. The fourth-order valence-corrected chi connectivity index (χ4v) is 5.34. The molecule has 0 radical (unpaired) electrons. The van der Waals surface area contributed by atoms with E-state index in [0.717, 1.165) is 5.56 Å². The van der Waals surface area contributed by atoms with Gasteiger partial charge in [-0.15, -0.1) is 0 Å². The van der Waals surface area contributed by atoms with Crippen LogP contribution in [0.1, 0.15) is 59.4 Å². The highest BCUT2D eigenvalue weighted by Gasteiger charge is 2.27. The summed E-state index contributed by atoms with van der Waals surface area (Å²) in [6.07, 6.45) is 0.549. The minimum atomic E-state index is -3.36. The third-order valence-electron chi connectivity index (χ3n) is 5.60. The highest BCUT2D eigenvalue weighted by Crippen LogP contribution is 2.47. The number of esters is 1. The van der Waals surface area contributed by atoms with Crippen molar-refractivity contribution in [2.75, 3.05) is 52.7 Å². The summed E-state index contributed by atoms with van der Waals surface area (Å²) < 4.78 is 39.3. The molecule has 1 aromatic rings. The Morgan fingerprint density at radius 1 is 0.976 bits per heavy atom. The fraction of sp³-hybridized carbons (Fsp3) is 0.679. The molecular formula is C28H48N3O9P. The molecule has 12 nitrogen and oxygen atoms in total. The first-order valence-corrected chi connectivity index (χ1v) is 15.8. The highest BCUT2D eigenvalue weighted by molar-refractivity contribution is 7.53.